The number of allylic oxidation sites excluding steroid dienone is 2. The van der Waals surface area contributed by atoms with Gasteiger partial charge in [0.15, 0.2) is 0 Å². The molecule has 1 nitrogen and oxygen atoms in total. The van der Waals surface area contributed by atoms with Crippen molar-refractivity contribution >= 4 is 5.78 Å². The summed E-state index contributed by atoms with van der Waals surface area (Å²) < 4.78 is 0. The summed E-state index contributed by atoms with van der Waals surface area (Å²) in [6.07, 6.45) is 7.50. The van der Waals surface area contributed by atoms with Crippen molar-refractivity contribution in [1.82, 2.24) is 0 Å². The van der Waals surface area contributed by atoms with Crippen LogP contribution in [-0.4, -0.2) is 5.78 Å². The summed E-state index contributed by atoms with van der Waals surface area (Å²) in [5, 5.41) is 0. The van der Waals surface area contributed by atoms with Crippen molar-refractivity contribution in [3.8, 4) is 0 Å². The van der Waals surface area contributed by atoms with Crippen LogP contribution in [0.4, 0.5) is 0 Å². The molecule has 1 aliphatic rings. The van der Waals surface area contributed by atoms with Crippen LogP contribution in [-0.2, 0) is 4.79 Å². The normalized spacial score (nSPS) is 32.2. The zero-order valence-corrected chi connectivity index (χ0v) is 6.68. The fourth-order valence-electron chi connectivity index (χ4n) is 1.31. The van der Waals surface area contributed by atoms with Gasteiger partial charge in [-0.1, -0.05) is 12.2 Å². The highest BCUT2D eigenvalue weighted by Gasteiger charge is 2.27. The van der Waals surface area contributed by atoms with Gasteiger partial charge < -0.3 is 0 Å². The molecular formula is C9H14O. The van der Waals surface area contributed by atoms with Gasteiger partial charge in [-0.3, -0.25) is 4.79 Å². The lowest BCUT2D eigenvalue weighted by Crippen LogP contribution is -2.24. The van der Waals surface area contributed by atoms with Crippen LogP contribution in [0, 0.1) is 5.41 Å². The van der Waals surface area contributed by atoms with Crippen molar-refractivity contribution in [3.63, 3.8) is 0 Å². The summed E-state index contributed by atoms with van der Waals surface area (Å²) in [5.74, 6) is 0.295. The summed E-state index contributed by atoms with van der Waals surface area (Å²) in [6, 6.07) is 0. The van der Waals surface area contributed by atoms with Gasteiger partial charge >= 0.3 is 0 Å². The Balaban J connectivity index is 2.75. The highest BCUT2D eigenvalue weighted by molar-refractivity contribution is 5.84. The molecule has 1 rings (SSSR count). The quantitative estimate of drug-likeness (QED) is 0.508. The van der Waals surface area contributed by atoms with E-state index >= 15 is 0 Å². The highest BCUT2D eigenvalue weighted by Crippen LogP contribution is 2.30. The first kappa shape index (κ1) is 7.52. The van der Waals surface area contributed by atoms with E-state index < -0.39 is 0 Å². The van der Waals surface area contributed by atoms with Gasteiger partial charge in [0.1, 0.15) is 5.78 Å². The molecule has 0 aromatic rings. The Morgan fingerprint density at radius 3 is 2.60 bits per heavy atom. The summed E-state index contributed by atoms with van der Waals surface area (Å²) >= 11 is 0. The lowest BCUT2D eigenvalue weighted by atomic mass is 9.78. The monoisotopic (exact) mass is 138 g/mol. The van der Waals surface area contributed by atoms with E-state index in [-0.39, 0.29) is 5.41 Å². The maximum atomic E-state index is 11.1. The van der Waals surface area contributed by atoms with Crippen molar-refractivity contribution in [1.29, 1.82) is 0 Å². The van der Waals surface area contributed by atoms with Crippen molar-refractivity contribution in [2.45, 2.75) is 33.1 Å². The van der Waals surface area contributed by atoms with Gasteiger partial charge in [-0.25, -0.2) is 0 Å². The van der Waals surface area contributed by atoms with Gasteiger partial charge in [-0.2, -0.15) is 0 Å². The lowest BCUT2D eigenvalue weighted by Gasteiger charge is -2.25. The van der Waals surface area contributed by atoms with Gasteiger partial charge in [0, 0.05) is 5.41 Å². The smallest absolute Gasteiger partial charge is 0.139 e. The number of hydrogen-bond acceptors (Lipinski definition) is 1. The molecule has 10 heavy (non-hydrogen) atoms. The molecule has 0 unspecified atom stereocenters. The van der Waals surface area contributed by atoms with Crippen molar-refractivity contribution in [2.24, 2.45) is 5.41 Å². The van der Waals surface area contributed by atoms with Crippen LogP contribution in [0.15, 0.2) is 12.2 Å². The molecule has 0 N–H and O–H groups in total. The number of ketones is 1. The average molecular weight is 138 g/mol. The van der Waals surface area contributed by atoms with Crippen LogP contribution in [0.3, 0.4) is 0 Å². The van der Waals surface area contributed by atoms with Crippen molar-refractivity contribution in [3.05, 3.63) is 12.2 Å². The van der Waals surface area contributed by atoms with Crippen LogP contribution in [0.25, 0.3) is 0 Å². The maximum absolute atomic E-state index is 11.1. The molecule has 56 valence electrons. The number of carbonyl (C=O) groups excluding carboxylic acids is 1. The minimum absolute atomic E-state index is 0.141. The molecule has 1 heteroatoms. The van der Waals surface area contributed by atoms with E-state index in [1.54, 1.807) is 6.92 Å². The molecule has 0 fully saturated rings. The van der Waals surface area contributed by atoms with Crippen LogP contribution in [0.1, 0.15) is 33.1 Å². The van der Waals surface area contributed by atoms with E-state index in [2.05, 4.69) is 12.2 Å². The van der Waals surface area contributed by atoms with Gasteiger partial charge in [0.2, 0.25) is 0 Å². The Morgan fingerprint density at radius 2 is 2.30 bits per heavy atom. The predicted octanol–water partition coefficient (Wildman–Crippen LogP) is 2.32. The number of hydrogen-bond donors (Lipinski definition) is 0. The SMILES string of the molecule is CC(=O)[C@@]1(C)C=CCCC1. The molecule has 0 heterocycles. The van der Waals surface area contributed by atoms with Crippen LogP contribution in [0.5, 0.6) is 0 Å². The number of Topliss-reactive ketones (excluding diaryl/α,β-unsaturated/α-hetero) is 1. The number of rotatable bonds is 1. The second-order valence-electron chi connectivity index (χ2n) is 3.27. The van der Waals surface area contributed by atoms with Gasteiger partial charge in [0.25, 0.3) is 0 Å². The first-order valence-corrected chi connectivity index (χ1v) is 3.84. The second kappa shape index (κ2) is 2.57. The molecule has 1 atom stereocenters. The zero-order valence-electron chi connectivity index (χ0n) is 6.68. The molecule has 0 saturated heterocycles. The van der Waals surface area contributed by atoms with E-state index in [0.29, 0.717) is 5.78 Å². The largest absolute Gasteiger partial charge is 0.299 e. The van der Waals surface area contributed by atoms with Gasteiger partial charge in [-0.15, -0.1) is 0 Å². The molecule has 0 amide bonds. The summed E-state index contributed by atoms with van der Waals surface area (Å²) in [4.78, 5) is 11.1. The maximum Gasteiger partial charge on any atom is 0.139 e. The molecule has 0 aromatic heterocycles. The number of carbonyl (C=O) groups is 1. The van der Waals surface area contributed by atoms with Crippen LogP contribution < -0.4 is 0 Å². The van der Waals surface area contributed by atoms with E-state index in [0.717, 1.165) is 19.3 Å². The van der Waals surface area contributed by atoms with E-state index in [1.807, 2.05) is 6.92 Å². The van der Waals surface area contributed by atoms with E-state index in [4.69, 9.17) is 0 Å². The zero-order chi connectivity index (χ0) is 7.61. The molecule has 0 aliphatic heterocycles. The molecule has 0 saturated carbocycles. The molecule has 0 spiro atoms. The Labute approximate surface area is 62.1 Å². The van der Waals surface area contributed by atoms with Gasteiger partial charge in [-0.05, 0) is 33.1 Å². The Kier molecular flexibility index (Phi) is 1.93. The average Bonchev–Trinajstić information content (AvgIpc) is 1.89. The Morgan fingerprint density at radius 1 is 1.60 bits per heavy atom. The topological polar surface area (TPSA) is 17.1 Å². The Bertz CT molecular complexity index is 170. The minimum atomic E-state index is -0.141. The third-order valence-electron chi connectivity index (χ3n) is 2.36. The summed E-state index contributed by atoms with van der Waals surface area (Å²) in [6.45, 7) is 3.70. The highest BCUT2D eigenvalue weighted by atomic mass is 16.1. The minimum Gasteiger partial charge on any atom is -0.299 e. The fourth-order valence-corrected chi connectivity index (χ4v) is 1.31. The van der Waals surface area contributed by atoms with Crippen molar-refractivity contribution < 1.29 is 4.79 Å². The van der Waals surface area contributed by atoms with E-state index in [9.17, 15) is 4.79 Å². The molecule has 0 bridgehead atoms. The predicted molar refractivity (Wildman–Crippen MR) is 41.8 cm³/mol. The molecule has 0 aromatic carbocycles. The first-order valence-electron chi connectivity index (χ1n) is 3.84. The summed E-state index contributed by atoms with van der Waals surface area (Å²) in [7, 11) is 0. The lowest BCUT2D eigenvalue weighted by molar-refractivity contribution is -0.123. The molecule has 1 aliphatic carbocycles. The Hall–Kier alpha value is -0.590. The van der Waals surface area contributed by atoms with Gasteiger partial charge in [0.05, 0.1) is 0 Å². The third-order valence-corrected chi connectivity index (χ3v) is 2.36. The van der Waals surface area contributed by atoms with E-state index in [1.165, 1.54) is 0 Å². The van der Waals surface area contributed by atoms with Crippen LogP contribution >= 0.6 is 0 Å². The first-order chi connectivity index (χ1) is 4.65. The second-order valence-corrected chi connectivity index (χ2v) is 3.27. The fraction of sp³-hybridized carbons (Fsp3) is 0.667. The van der Waals surface area contributed by atoms with Crippen molar-refractivity contribution in [2.75, 3.05) is 0 Å². The molecule has 0 radical (unpaired) electrons. The third kappa shape index (κ3) is 1.28. The molecular weight excluding hydrogens is 124 g/mol. The summed E-state index contributed by atoms with van der Waals surface area (Å²) in [5.41, 5.74) is -0.141. The van der Waals surface area contributed by atoms with Crippen LogP contribution in [0.2, 0.25) is 0 Å². The standard InChI is InChI=1S/C9H14O/c1-8(10)9(2)6-4-3-5-7-9/h4,6H,3,5,7H2,1-2H3/t9-/m0/s1.